The summed E-state index contributed by atoms with van der Waals surface area (Å²) in [5.74, 6) is 1.99. The van der Waals surface area contributed by atoms with E-state index in [0.29, 0.717) is 23.2 Å². The fraction of sp³-hybridized carbons (Fsp3) is 0.0909. The van der Waals surface area contributed by atoms with E-state index in [2.05, 4.69) is 142 Å². The summed E-state index contributed by atoms with van der Waals surface area (Å²) in [7, 11) is 0. The van der Waals surface area contributed by atoms with Crippen LogP contribution in [0.3, 0.4) is 0 Å². The zero-order chi connectivity index (χ0) is 34.1. The van der Waals surface area contributed by atoms with E-state index in [4.69, 9.17) is 16.5 Å². The summed E-state index contributed by atoms with van der Waals surface area (Å²) < 4.78 is 4.70. The molecule has 0 atom stereocenters. The van der Waals surface area contributed by atoms with E-state index in [0.717, 1.165) is 50.1 Å². The van der Waals surface area contributed by atoms with Crippen LogP contribution in [0, 0.1) is 34.3 Å². The van der Waals surface area contributed by atoms with Crippen molar-refractivity contribution in [2.45, 2.75) is 27.7 Å². The lowest BCUT2D eigenvalue weighted by Gasteiger charge is -2.20. The Balaban J connectivity index is 1.44. The summed E-state index contributed by atoms with van der Waals surface area (Å²) in [6, 6.07) is 43.0. The number of benzene rings is 6. The van der Waals surface area contributed by atoms with Crippen LogP contribution in [0.15, 0.2) is 121 Å². The first-order valence-corrected chi connectivity index (χ1v) is 16.7. The second kappa shape index (κ2) is 11.3. The van der Waals surface area contributed by atoms with Crippen LogP contribution in [-0.4, -0.2) is 24.1 Å². The van der Waals surface area contributed by atoms with E-state index in [-0.39, 0.29) is 0 Å². The Labute approximate surface area is 289 Å². The zero-order valence-electron chi connectivity index (χ0n) is 28.2. The topological polar surface area (TPSA) is 52.9 Å². The van der Waals surface area contributed by atoms with E-state index in [9.17, 15) is 0 Å². The van der Waals surface area contributed by atoms with Crippen LogP contribution in [0.1, 0.15) is 22.8 Å². The van der Waals surface area contributed by atoms with Gasteiger partial charge in [0.1, 0.15) is 11.6 Å². The summed E-state index contributed by atoms with van der Waals surface area (Å²) >= 11 is 0. The van der Waals surface area contributed by atoms with Crippen LogP contribution in [0.25, 0.3) is 82.3 Å². The Morgan fingerprint density at radius 2 is 1.04 bits per heavy atom. The van der Waals surface area contributed by atoms with E-state index in [1.807, 2.05) is 26.0 Å². The lowest BCUT2D eigenvalue weighted by atomic mass is 9.97. The fourth-order valence-corrected chi connectivity index (χ4v) is 7.51. The molecule has 0 spiro atoms. The Hall–Kier alpha value is -6.58. The summed E-state index contributed by atoms with van der Waals surface area (Å²) in [6.45, 7) is 16.1. The van der Waals surface area contributed by atoms with E-state index >= 15 is 0 Å². The van der Waals surface area contributed by atoms with Crippen molar-refractivity contribution in [1.29, 1.82) is 0 Å². The number of aryl methyl sites for hydroxylation is 4. The van der Waals surface area contributed by atoms with Crippen molar-refractivity contribution in [3.8, 4) is 33.9 Å². The third-order valence-corrected chi connectivity index (χ3v) is 9.65. The van der Waals surface area contributed by atoms with Gasteiger partial charge in [0.05, 0.1) is 34.3 Å². The number of hydrogen-bond acceptors (Lipinski definition) is 3. The highest BCUT2D eigenvalue weighted by atomic mass is 15.0. The zero-order valence-corrected chi connectivity index (χ0v) is 28.2. The molecule has 0 saturated carbocycles. The predicted molar refractivity (Wildman–Crippen MR) is 205 cm³/mol. The number of para-hydroxylation sites is 2. The first-order chi connectivity index (χ1) is 24.4. The quantitative estimate of drug-likeness (QED) is 0.179. The van der Waals surface area contributed by atoms with Crippen LogP contribution in [0.5, 0.6) is 0 Å². The fourth-order valence-electron chi connectivity index (χ4n) is 7.51. The third-order valence-electron chi connectivity index (χ3n) is 9.65. The number of hydrogen-bond donors (Lipinski definition) is 0. The highest BCUT2D eigenvalue weighted by molar-refractivity contribution is 6.11. The standard InChI is InChI=1S/C44H32N6/c1-26-14-18-34-32-10-6-8-12-38(32)49(41(34)22-26)40-21-16-30(44-47-28(3)46-29(4)48-44)24-37(40)36-20-17-31(45-5)25-43(36)50-39-13-9-7-11-33(39)35-19-15-27(2)23-42(35)50/h6-25H,1-4H3. The second-order valence-corrected chi connectivity index (χ2v) is 13.0. The molecular weight excluding hydrogens is 613 g/mol. The van der Waals surface area contributed by atoms with Crippen LogP contribution in [0.2, 0.25) is 0 Å². The maximum Gasteiger partial charge on any atom is 0.189 e. The van der Waals surface area contributed by atoms with E-state index < -0.39 is 0 Å². The van der Waals surface area contributed by atoms with Gasteiger partial charge in [-0.2, -0.15) is 0 Å². The van der Waals surface area contributed by atoms with Gasteiger partial charge in [-0.15, -0.1) is 0 Å². The maximum atomic E-state index is 8.03. The van der Waals surface area contributed by atoms with Crippen LogP contribution >= 0.6 is 0 Å². The monoisotopic (exact) mass is 644 g/mol. The Morgan fingerprint density at radius 3 is 1.64 bits per heavy atom. The van der Waals surface area contributed by atoms with Crippen molar-refractivity contribution in [3.05, 3.63) is 156 Å². The minimum Gasteiger partial charge on any atom is -0.310 e. The van der Waals surface area contributed by atoms with Crippen molar-refractivity contribution < 1.29 is 0 Å². The Morgan fingerprint density at radius 1 is 0.480 bits per heavy atom. The summed E-state index contributed by atoms with van der Waals surface area (Å²) in [4.78, 5) is 17.9. The van der Waals surface area contributed by atoms with Gasteiger partial charge in [-0.05, 0) is 87.4 Å². The molecule has 6 heteroatoms. The van der Waals surface area contributed by atoms with Gasteiger partial charge in [-0.25, -0.2) is 19.8 Å². The van der Waals surface area contributed by atoms with E-state index in [1.54, 1.807) is 0 Å². The molecule has 0 radical (unpaired) electrons. The normalized spacial score (nSPS) is 11.6. The minimum absolute atomic E-state index is 0.580. The van der Waals surface area contributed by atoms with Crippen molar-refractivity contribution in [1.82, 2.24) is 24.1 Å². The molecule has 0 fully saturated rings. The maximum absolute atomic E-state index is 8.03. The molecule has 9 rings (SSSR count). The molecule has 3 aromatic heterocycles. The molecule has 0 aliphatic heterocycles. The largest absolute Gasteiger partial charge is 0.310 e. The van der Waals surface area contributed by atoms with Gasteiger partial charge >= 0.3 is 0 Å². The van der Waals surface area contributed by atoms with Gasteiger partial charge in [0, 0.05) is 43.9 Å². The average molecular weight is 645 g/mol. The van der Waals surface area contributed by atoms with Gasteiger partial charge in [-0.3, -0.25) is 0 Å². The third kappa shape index (κ3) is 4.59. The molecule has 0 aliphatic rings. The van der Waals surface area contributed by atoms with Crippen LogP contribution in [-0.2, 0) is 0 Å². The highest BCUT2D eigenvalue weighted by Crippen LogP contribution is 2.43. The Bertz CT molecular complexity index is 2860. The first-order valence-electron chi connectivity index (χ1n) is 16.7. The first kappa shape index (κ1) is 29.6. The molecule has 0 bridgehead atoms. The van der Waals surface area contributed by atoms with E-state index in [1.165, 1.54) is 32.7 Å². The van der Waals surface area contributed by atoms with Gasteiger partial charge < -0.3 is 9.13 Å². The van der Waals surface area contributed by atoms with Crippen molar-refractivity contribution in [3.63, 3.8) is 0 Å². The van der Waals surface area contributed by atoms with Crippen molar-refractivity contribution in [2.75, 3.05) is 0 Å². The molecule has 6 aromatic carbocycles. The van der Waals surface area contributed by atoms with Gasteiger partial charge in [0.25, 0.3) is 0 Å². The molecule has 6 nitrogen and oxygen atoms in total. The molecule has 50 heavy (non-hydrogen) atoms. The molecule has 0 aliphatic carbocycles. The number of fused-ring (bicyclic) bond motifs is 6. The highest BCUT2D eigenvalue weighted by Gasteiger charge is 2.22. The molecule has 9 aromatic rings. The molecule has 0 unspecified atom stereocenters. The summed E-state index contributed by atoms with van der Waals surface area (Å²) in [5.41, 5.74) is 12.3. The van der Waals surface area contributed by atoms with Crippen molar-refractivity contribution >= 4 is 49.3 Å². The van der Waals surface area contributed by atoms with Crippen LogP contribution in [0.4, 0.5) is 5.69 Å². The second-order valence-electron chi connectivity index (χ2n) is 13.0. The molecule has 0 saturated heterocycles. The predicted octanol–water partition coefficient (Wildman–Crippen LogP) is 11.2. The summed E-state index contributed by atoms with van der Waals surface area (Å²) in [5, 5.41) is 4.74. The number of rotatable bonds is 4. The average Bonchev–Trinajstić information content (AvgIpc) is 3.62. The van der Waals surface area contributed by atoms with Gasteiger partial charge in [0.2, 0.25) is 0 Å². The molecule has 3 heterocycles. The van der Waals surface area contributed by atoms with Crippen LogP contribution < -0.4 is 0 Å². The molecule has 0 amide bonds. The summed E-state index contributed by atoms with van der Waals surface area (Å²) in [6.07, 6.45) is 0. The smallest absolute Gasteiger partial charge is 0.189 e. The van der Waals surface area contributed by atoms with Gasteiger partial charge in [0.15, 0.2) is 11.5 Å². The van der Waals surface area contributed by atoms with Gasteiger partial charge in [-0.1, -0.05) is 72.8 Å². The lowest BCUT2D eigenvalue weighted by Crippen LogP contribution is -2.03. The minimum atomic E-state index is 0.580. The Kier molecular flexibility index (Phi) is 6.65. The molecule has 238 valence electrons. The molecular formula is C44H32N6. The SMILES string of the molecule is [C-]#[N+]c1ccc(-c2cc(-c3nc(C)nc(C)n3)ccc2-n2c3ccccc3c3ccc(C)cc32)c(-n2c3ccccc3c3ccc(C)cc32)c1. The number of aromatic nitrogens is 5. The molecule has 0 N–H and O–H groups in total. The lowest BCUT2D eigenvalue weighted by molar-refractivity contribution is 0.928. The van der Waals surface area contributed by atoms with Crippen molar-refractivity contribution in [2.24, 2.45) is 0 Å². The number of nitrogens with zero attached hydrogens (tertiary/aromatic N) is 6.